The lowest BCUT2D eigenvalue weighted by atomic mass is 10.0. The van der Waals surface area contributed by atoms with E-state index in [4.69, 9.17) is 11.6 Å². The third-order valence-corrected chi connectivity index (χ3v) is 4.91. The molecule has 3 rings (SSSR count). The second-order valence-electron chi connectivity index (χ2n) is 7.16. The number of halogens is 1. The molecule has 1 atom stereocenters. The van der Waals surface area contributed by atoms with Crippen LogP contribution in [0.2, 0.25) is 5.02 Å². The van der Waals surface area contributed by atoms with Crippen LogP contribution < -0.4 is 10.7 Å². The Morgan fingerprint density at radius 2 is 1.73 bits per heavy atom. The molecule has 0 heterocycles. The fraction of sp³-hybridized carbons (Fsp3) is 0.174. The third-order valence-electron chi connectivity index (χ3n) is 4.66. The Labute approximate surface area is 179 Å². The van der Waals surface area contributed by atoms with Crippen LogP contribution in [0.15, 0.2) is 65.8 Å². The summed E-state index contributed by atoms with van der Waals surface area (Å²) in [6, 6.07) is 16.6. The van der Waals surface area contributed by atoms with Crippen LogP contribution in [0.3, 0.4) is 0 Å². The topological polar surface area (TPSA) is 90.8 Å². The van der Waals surface area contributed by atoms with Gasteiger partial charge in [-0.1, -0.05) is 55.8 Å². The average molecular weight is 424 g/mol. The number of nitrogens with zero attached hydrogens (tertiary/aromatic N) is 1. The Kier molecular flexibility index (Phi) is 6.69. The lowest BCUT2D eigenvalue weighted by molar-refractivity contribution is -0.123. The summed E-state index contributed by atoms with van der Waals surface area (Å²) in [5.74, 6) is -0.940. The maximum Gasteiger partial charge on any atom is 0.262 e. The van der Waals surface area contributed by atoms with Crippen molar-refractivity contribution in [1.82, 2.24) is 10.7 Å². The molecule has 0 aliphatic rings. The monoisotopic (exact) mass is 423 g/mol. The predicted octanol–water partition coefficient (Wildman–Crippen LogP) is 4.10. The Balaban J connectivity index is 1.72. The predicted molar refractivity (Wildman–Crippen MR) is 119 cm³/mol. The zero-order chi connectivity index (χ0) is 21.7. The van der Waals surface area contributed by atoms with Crippen molar-refractivity contribution in [2.75, 3.05) is 0 Å². The summed E-state index contributed by atoms with van der Waals surface area (Å²) >= 11 is 5.85. The van der Waals surface area contributed by atoms with E-state index in [-0.39, 0.29) is 17.6 Å². The molecular formula is C23H22ClN3O3. The molecule has 3 aromatic carbocycles. The van der Waals surface area contributed by atoms with Crippen LogP contribution in [0.25, 0.3) is 10.8 Å². The van der Waals surface area contributed by atoms with E-state index in [1.165, 1.54) is 6.21 Å². The number of nitrogens with one attached hydrogen (secondary N) is 2. The number of carbonyl (C=O) groups excluding carboxylic acids is 2. The maximum absolute atomic E-state index is 12.6. The van der Waals surface area contributed by atoms with E-state index >= 15 is 0 Å². The van der Waals surface area contributed by atoms with Crippen molar-refractivity contribution < 1.29 is 14.7 Å². The van der Waals surface area contributed by atoms with Crippen molar-refractivity contribution in [3.63, 3.8) is 0 Å². The standard InChI is InChI=1S/C23H22ClN3O3/c1-14(2)21(26-22(29)16-7-10-17(24)11-8-16)23(30)27-25-13-19-18-6-4-3-5-15(18)9-12-20(19)28/h3-14,21,28H,1-2H3,(H,26,29)(H,27,30). The fourth-order valence-corrected chi connectivity index (χ4v) is 3.14. The molecule has 30 heavy (non-hydrogen) atoms. The number of benzene rings is 3. The van der Waals surface area contributed by atoms with Crippen molar-refractivity contribution in [2.24, 2.45) is 11.0 Å². The van der Waals surface area contributed by atoms with Gasteiger partial charge in [-0.3, -0.25) is 9.59 Å². The highest BCUT2D eigenvalue weighted by Crippen LogP contribution is 2.25. The van der Waals surface area contributed by atoms with Gasteiger partial charge in [0.15, 0.2) is 0 Å². The molecule has 0 spiro atoms. The molecule has 0 radical (unpaired) electrons. The first kappa shape index (κ1) is 21.3. The van der Waals surface area contributed by atoms with E-state index in [0.717, 1.165) is 10.8 Å². The molecule has 0 aromatic heterocycles. The average Bonchev–Trinajstić information content (AvgIpc) is 2.73. The molecule has 0 saturated carbocycles. The summed E-state index contributed by atoms with van der Waals surface area (Å²) in [5.41, 5.74) is 3.36. The lowest BCUT2D eigenvalue weighted by Gasteiger charge is -2.20. The van der Waals surface area contributed by atoms with Crippen molar-refractivity contribution in [2.45, 2.75) is 19.9 Å². The molecule has 3 N–H and O–H groups in total. The van der Waals surface area contributed by atoms with Crippen LogP contribution in [0, 0.1) is 5.92 Å². The summed E-state index contributed by atoms with van der Waals surface area (Å²) in [5, 5.41) is 19.2. The highest BCUT2D eigenvalue weighted by atomic mass is 35.5. The van der Waals surface area contributed by atoms with E-state index < -0.39 is 11.9 Å². The van der Waals surface area contributed by atoms with Gasteiger partial charge in [0.05, 0.1) is 6.21 Å². The fourth-order valence-electron chi connectivity index (χ4n) is 3.01. The number of aromatic hydroxyl groups is 1. The van der Waals surface area contributed by atoms with Gasteiger partial charge in [-0.2, -0.15) is 5.10 Å². The number of hydrogen-bond acceptors (Lipinski definition) is 4. The zero-order valence-electron chi connectivity index (χ0n) is 16.6. The van der Waals surface area contributed by atoms with E-state index in [0.29, 0.717) is 16.1 Å². The van der Waals surface area contributed by atoms with Gasteiger partial charge in [0, 0.05) is 16.1 Å². The number of hydrazone groups is 1. The van der Waals surface area contributed by atoms with Crippen LogP contribution in [0.1, 0.15) is 29.8 Å². The minimum absolute atomic E-state index is 0.0585. The molecule has 6 nitrogen and oxygen atoms in total. The van der Waals surface area contributed by atoms with Gasteiger partial charge in [-0.15, -0.1) is 0 Å². The highest BCUT2D eigenvalue weighted by molar-refractivity contribution is 6.30. The van der Waals surface area contributed by atoms with E-state index in [9.17, 15) is 14.7 Å². The smallest absolute Gasteiger partial charge is 0.262 e. The van der Waals surface area contributed by atoms with Gasteiger partial charge in [0.1, 0.15) is 11.8 Å². The number of carbonyl (C=O) groups is 2. The summed E-state index contributed by atoms with van der Waals surface area (Å²) < 4.78 is 0. The first-order valence-electron chi connectivity index (χ1n) is 9.47. The summed E-state index contributed by atoms with van der Waals surface area (Å²) in [6.07, 6.45) is 1.40. The lowest BCUT2D eigenvalue weighted by Crippen LogP contribution is -2.48. The largest absolute Gasteiger partial charge is 0.507 e. The quantitative estimate of drug-likeness (QED) is 0.411. The van der Waals surface area contributed by atoms with Gasteiger partial charge in [0.2, 0.25) is 0 Å². The number of amides is 2. The maximum atomic E-state index is 12.6. The van der Waals surface area contributed by atoms with E-state index in [1.807, 2.05) is 44.2 Å². The molecule has 0 aliphatic carbocycles. The number of rotatable bonds is 6. The molecule has 2 amide bonds. The summed E-state index contributed by atoms with van der Waals surface area (Å²) in [6.45, 7) is 3.65. The molecule has 1 unspecified atom stereocenters. The van der Waals surface area contributed by atoms with Crippen molar-refractivity contribution in [1.29, 1.82) is 0 Å². The first-order valence-corrected chi connectivity index (χ1v) is 9.84. The van der Waals surface area contributed by atoms with Crippen LogP contribution in [-0.4, -0.2) is 29.2 Å². The second-order valence-corrected chi connectivity index (χ2v) is 7.59. The third kappa shape index (κ3) is 4.96. The Bertz CT molecular complexity index is 1090. The Morgan fingerprint density at radius 3 is 2.43 bits per heavy atom. The van der Waals surface area contributed by atoms with Gasteiger partial charge in [0.25, 0.3) is 11.8 Å². The van der Waals surface area contributed by atoms with Crippen molar-refractivity contribution in [3.8, 4) is 5.75 Å². The molecule has 0 bridgehead atoms. The van der Waals surface area contributed by atoms with E-state index in [1.54, 1.807) is 30.3 Å². The molecule has 3 aromatic rings. The van der Waals surface area contributed by atoms with Gasteiger partial charge in [-0.05, 0) is 47.0 Å². The van der Waals surface area contributed by atoms with Crippen LogP contribution in [0.5, 0.6) is 5.75 Å². The number of phenols is 1. The molecular weight excluding hydrogens is 402 g/mol. The van der Waals surface area contributed by atoms with Crippen LogP contribution >= 0.6 is 11.6 Å². The number of hydrogen-bond donors (Lipinski definition) is 3. The molecule has 7 heteroatoms. The number of phenolic OH excluding ortho intramolecular Hbond substituents is 1. The normalized spacial score (nSPS) is 12.3. The molecule has 0 fully saturated rings. The van der Waals surface area contributed by atoms with Crippen LogP contribution in [0.4, 0.5) is 0 Å². The molecule has 0 saturated heterocycles. The first-order chi connectivity index (χ1) is 14.4. The molecule has 154 valence electrons. The SMILES string of the molecule is CC(C)C(NC(=O)c1ccc(Cl)cc1)C(=O)NN=Cc1c(O)ccc2ccccc12. The van der Waals surface area contributed by atoms with Gasteiger partial charge < -0.3 is 10.4 Å². The van der Waals surface area contributed by atoms with Crippen molar-refractivity contribution >= 4 is 40.4 Å². The summed E-state index contributed by atoms with van der Waals surface area (Å²) in [4.78, 5) is 25.1. The Hall–Kier alpha value is -3.38. The second kappa shape index (κ2) is 9.41. The van der Waals surface area contributed by atoms with Crippen molar-refractivity contribution in [3.05, 3.63) is 76.8 Å². The summed E-state index contributed by atoms with van der Waals surface area (Å²) in [7, 11) is 0. The number of fused-ring (bicyclic) bond motifs is 1. The Morgan fingerprint density at radius 1 is 1.03 bits per heavy atom. The molecule has 0 aliphatic heterocycles. The zero-order valence-corrected chi connectivity index (χ0v) is 17.4. The highest BCUT2D eigenvalue weighted by Gasteiger charge is 2.24. The minimum Gasteiger partial charge on any atom is -0.507 e. The van der Waals surface area contributed by atoms with E-state index in [2.05, 4.69) is 15.8 Å². The van der Waals surface area contributed by atoms with Crippen LogP contribution in [-0.2, 0) is 4.79 Å². The minimum atomic E-state index is -0.786. The van der Waals surface area contributed by atoms with Gasteiger partial charge >= 0.3 is 0 Å². The van der Waals surface area contributed by atoms with Gasteiger partial charge in [-0.25, -0.2) is 5.43 Å².